The number of aromatic nitrogens is 2. The Kier molecular flexibility index (Phi) is 4.39. The minimum absolute atomic E-state index is 0.840. The fraction of sp³-hybridized carbons (Fsp3) is 0.714. The number of nitrogens with zero attached hydrogens (tertiary/aromatic N) is 3. The van der Waals surface area contributed by atoms with Crippen molar-refractivity contribution in [2.24, 2.45) is 5.92 Å². The topological polar surface area (TPSA) is 41.1 Å². The molecular formula is C14H24N4. The van der Waals surface area contributed by atoms with Crippen molar-refractivity contribution in [2.45, 2.75) is 39.0 Å². The zero-order valence-corrected chi connectivity index (χ0v) is 11.7. The quantitative estimate of drug-likeness (QED) is 0.870. The number of rotatable bonds is 5. The van der Waals surface area contributed by atoms with Gasteiger partial charge in [0, 0.05) is 26.2 Å². The van der Waals surface area contributed by atoms with E-state index in [2.05, 4.69) is 34.2 Å². The van der Waals surface area contributed by atoms with E-state index >= 15 is 0 Å². The van der Waals surface area contributed by atoms with Gasteiger partial charge in [0.05, 0.1) is 0 Å². The van der Waals surface area contributed by atoms with Gasteiger partial charge in [-0.15, -0.1) is 0 Å². The van der Waals surface area contributed by atoms with E-state index in [9.17, 15) is 0 Å². The van der Waals surface area contributed by atoms with Crippen LogP contribution < -0.4 is 10.2 Å². The summed E-state index contributed by atoms with van der Waals surface area (Å²) in [5, 5.41) is 3.16. The molecular weight excluding hydrogens is 224 g/mol. The Morgan fingerprint density at radius 1 is 1.33 bits per heavy atom. The average Bonchev–Trinajstić information content (AvgIpc) is 2.90. The first kappa shape index (κ1) is 13.1. The van der Waals surface area contributed by atoms with Crippen molar-refractivity contribution in [3.05, 3.63) is 11.9 Å². The third-order valence-corrected chi connectivity index (χ3v) is 3.88. The van der Waals surface area contributed by atoms with E-state index in [4.69, 9.17) is 0 Å². The number of hydrogen-bond acceptors (Lipinski definition) is 4. The molecule has 0 saturated heterocycles. The standard InChI is InChI=1S/C14H24N4/c1-4-12-13(15-2)16-10-17-14(12)18(3)9-11-7-5-6-8-11/h10-11H,4-9H2,1-3H3,(H,15,16,17). The molecule has 0 bridgehead atoms. The molecule has 1 aliphatic rings. The highest BCUT2D eigenvalue weighted by Gasteiger charge is 2.19. The fourth-order valence-corrected chi connectivity index (χ4v) is 2.94. The van der Waals surface area contributed by atoms with Crippen LogP contribution >= 0.6 is 0 Å². The lowest BCUT2D eigenvalue weighted by Gasteiger charge is -2.24. The molecule has 4 nitrogen and oxygen atoms in total. The average molecular weight is 248 g/mol. The Morgan fingerprint density at radius 2 is 2.06 bits per heavy atom. The van der Waals surface area contributed by atoms with Crippen LogP contribution in [0.3, 0.4) is 0 Å². The van der Waals surface area contributed by atoms with Crippen LogP contribution in [0.1, 0.15) is 38.2 Å². The normalized spacial score (nSPS) is 15.9. The van der Waals surface area contributed by atoms with E-state index in [1.807, 2.05) is 7.05 Å². The summed E-state index contributed by atoms with van der Waals surface area (Å²) < 4.78 is 0. The highest BCUT2D eigenvalue weighted by atomic mass is 15.2. The minimum Gasteiger partial charge on any atom is -0.373 e. The molecule has 1 aliphatic carbocycles. The van der Waals surface area contributed by atoms with E-state index in [1.54, 1.807) is 6.33 Å². The van der Waals surface area contributed by atoms with Crippen molar-refractivity contribution < 1.29 is 0 Å². The molecule has 1 saturated carbocycles. The van der Waals surface area contributed by atoms with Crippen LogP contribution in [0.15, 0.2) is 6.33 Å². The first-order valence-corrected chi connectivity index (χ1v) is 6.99. The largest absolute Gasteiger partial charge is 0.373 e. The Labute approximate surface area is 110 Å². The molecule has 0 spiro atoms. The molecule has 0 aromatic carbocycles. The Balaban J connectivity index is 2.15. The van der Waals surface area contributed by atoms with Gasteiger partial charge in [-0.05, 0) is 25.2 Å². The predicted octanol–water partition coefficient (Wildman–Crippen LogP) is 2.71. The lowest BCUT2D eigenvalue weighted by molar-refractivity contribution is 0.544. The van der Waals surface area contributed by atoms with Crippen molar-refractivity contribution in [1.82, 2.24) is 9.97 Å². The summed E-state index contributed by atoms with van der Waals surface area (Å²) in [6, 6.07) is 0. The van der Waals surface area contributed by atoms with Crippen LogP contribution in [0.2, 0.25) is 0 Å². The first-order valence-electron chi connectivity index (χ1n) is 6.99. The van der Waals surface area contributed by atoms with Crippen molar-refractivity contribution >= 4 is 11.6 Å². The molecule has 1 heterocycles. The zero-order valence-electron chi connectivity index (χ0n) is 11.7. The summed E-state index contributed by atoms with van der Waals surface area (Å²) in [6.07, 6.45) is 8.15. The number of nitrogens with one attached hydrogen (secondary N) is 1. The van der Waals surface area contributed by atoms with Gasteiger partial charge in [-0.2, -0.15) is 0 Å². The van der Waals surface area contributed by atoms with Gasteiger partial charge in [-0.1, -0.05) is 19.8 Å². The van der Waals surface area contributed by atoms with E-state index in [0.717, 1.165) is 30.5 Å². The van der Waals surface area contributed by atoms with E-state index in [-0.39, 0.29) is 0 Å². The van der Waals surface area contributed by atoms with Gasteiger partial charge in [0.2, 0.25) is 0 Å². The van der Waals surface area contributed by atoms with Crippen molar-refractivity contribution in [3.8, 4) is 0 Å². The zero-order chi connectivity index (χ0) is 13.0. The summed E-state index contributed by atoms with van der Waals surface area (Å²) >= 11 is 0. The molecule has 1 N–H and O–H groups in total. The first-order chi connectivity index (χ1) is 8.76. The second-order valence-corrected chi connectivity index (χ2v) is 5.16. The summed E-state index contributed by atoms with van der Waals surface area (Å²) in [7, 11) is 4.07. The van der Waals surface area contributed by atoms with Gasteiger partial charge >= 0.3 is 0 Å². The maximum absolute atomic E-state index is 4.47. The summed E-state index contributed by atoms with van der Waals surface area (Å²) in [5.74, 6) is 2.89. The van der Waals surface area contributed by atoms with Crippen LogP contribution in [0.25, 0.3) is 0 Å². The lowest BCUT2D eigenvalue weighted by Crippen LogP contribution is -2.26. The molecule has 4 heteroatoms. The van der Waals surface area contributed by atoms with Crippen LogP contribution in [0.4, 0.5) is 11.6 Å². The highest BCUT2D eigenvalue weighted by molar-refractivity contribution is 5.58. The highest BCUT2D eigenvalue weighted by Crippen LogP contribution is 2.28. The number of anilines is 2. The molecule has 100 valence electrons. The molecule has 0 aliphatic heterocycles. The fourth-order valence-electron chi connectivity index (χ4n) is 2.94. The SMILES string of the molecule is CCc1c(NC)ncnc1N(C)CC1CCCC1. The molecule has 18 heavy (non-hydrogen) atoms. The second-order valence-electron chi connectivity index (χ2n) is 5.16. The minimum atomic E-state index is 0.840. The third-order valence-electron chi connectivity index (χ3n) is 3.88. The van der Waals surface area contributed by atoms with Gasteiger partial charge in [0.15, 0.2) is 0 Å². The molecule has 0 atom stereocenters. The van der Waals surface area contributed by atoms with Gasteiger partial charge in [0.1, 0.15) is 18.0 Å². The van der Waals surface area contributed by atoms with Crippen LogP contribution in [-0.2, 0) is 6.42 Å². The van der Waals surface area contributed by atoms with E-state index in [0.29, 0.717) is 0 Å². The van der Waals surface area contributed by atoms with Crippen molar-refractivity contribution in [1.29, 1.82) is 0 Å². The van der Waals surface area contributed by atoms with Crippen LogP contribution in [0.5, 0.6) is 0 Å². The van der Waals surface area contributed by atoms with E-state index in [1.165, 1.54) is 31.2 Å². The Morgan fingerprint density at radius 3 is 2.67 bits per heavy atom. The van der Waals surface area contributed by atoms with Crippen molar-refractivity contribution in [3.63, 3.8) is 0 Å². The molecule has 1 fully saturated rings. The molecule has 2 rings (SSSR count). The van der Waals surface area contributed by atoms with Gasteiger partial charge < -0.3 is 10.2 Å². The van der Waals surface area contributed by atoms with Gasteiger partial charge in [-0.3, -0.25) is 0 Å². The Bertz CT molecular complexity index is 385. The van der Waals surface area contributed by atoms with Crippen molar-refractivity contribution in [2.75, 3.05) is 30.9 Å². The molecule has 0 amide bonds. The van der Waals surface area contributed by atoms with Crippen LogP contribution in [0, 0.1) is 5.92 Å². The molecule has 0 radical (unpaired) electrons. The van der Waals surface area contributed by atoms with Crippen LogP contribution in [-0.4, -0.2) is 30.6 Å². The number of hydrogen-bond donors (Lipinski definition) is 1. The summed E-state index contributed by atoms with van der Waals surface area (Å²) in [6.45, 7) is 3.28. The third kappa shape index (κ3) is 2.74. The van der Waals surface area contributed by atoms with E-state index < -0.39 is 0 Å². The monoisotopic (exact) mass is 248 g/mol. The molecule has 1 aromatic rings. The van der Waals surface area contributed by atoms with Gasteiger partial charge in [0.25, 0.3) is 0 Å². The maximum atomic E-state index is 4.47. The summed E-state index contributed by atoms with van der Waals surface area (Å²) in [5.41, 5.74) is 1.22. The summed E-state index contributed by atoms with van der Waals surface area (Å²) in [4.78, 5) is 11.1. The molecule has 0 unspecified atom stereocenters. The lowest BCUT2D eigenvalue weighted by atomic mass is 10.1. The maximum Gasteiger partial charge on any atom is 0.137 e. The second kappa shape index (κ2) is 6.03. The smallest absolute Gasteiger partial charge is 0.137 e. The van der Waals surface area contributed by atoms with Gasteiger partial charge in [-0.25, -0.2) is 9.97 Å². The Hall–Kier alpha value is -1.32. The predicted molar refractivity (Wildman–Crippen MR) is 76.2 cm³/mol. The molecule has 1 aromatic heterocycles.